The lowest BCUT2D eigenvalue weighted by atomic mass is 10.1. The number of benzene rings is 1. The van der Waals surface area contributed by atoms with Gasteiger partial charge in [-0.05, 0) is 30.0 Å². The number of carbonyl (C=O) groups is 1. The van der Waals surface area contributed by atoms with Crippen LogP contribution in [0.3, 0.4) is 0 Å². The topological polar surface area (TPSA) is 32.8 Å². The molecule has 124 valence electrons. The fraction of sp³-hybridized carbons (Fsp3) is 0.500. The van der Waals surface area contributed by atoms with Gasteiger partial charge in [-0.3, -0.25) is 4.79 Å². The lowest BCUT2D eigenvalue weighted by molar-refractivity contribution is -0.202. The molecule has 23 heavy (non-hydrogen) atoms. The minimum absolute atomic E-state index is 0.222. The highest BCUT2D eigenvalue weighted by Gasteiger charge is 2.29. The van der Waals surface area contributed by atoms with E-state index in [0.29, 0.717) is 0 Å². The summed E-state index contributed by atoms with van der Waals surface area (Å²) in [7, 11) is 0. The number of thiophene rings is 1. The van der Waals surface area contributed by atoms with E-state index in [-0.39, 0.29) is 12.0 Å². The second-order valence-electron chi connectivity index (χ2n) is 6.08. The third-order valence-electron chi connectivity index (χ3n) is 4.38. The smallest absolute Gasteiger partial charge is 0.322 e. The van der Waals surface area contributed by atoms with Gasteiger partial charge in [-0.2, -0.15) is 0 Å². The number of piperazine rings is 1. The average Bonchev–Trinajstić information content (AvgIpc) is 3.02. The molecule has 4 nitrogen and oxygen atoms in total. The van der Waals surface area contributed by atoms with Crippen LogP contribution >= 0.6 is 11.3 Å². The van der Waals surface area contributed by atoms with Gasteiger partial charge in [0.05, 0.1) is 12.6 Å². The number of hydrogen-bond acceptors (Lipinski definition) is 5. The number of carbonyl (C=O) groups excluding carboxylic acids is 1. The van der Waals surface area contributed by atoms with Crippen LogP contribution in [-0.2, 0) is 9.63 Å². The highest BCUT2D eigenvalue weighted by atomic mass is 32.1. The summed E-state index contributed by atoms with van der Waals surface area (Å²) < 4.78 is 1.33. The molecule has 2 aromatic rings. The van der Waals surface area contributed by atoms with Gasteiger partial charge in [0.25, 0.3) is 0 Å². The highest BCUT2D eigenvalue weighted by Crippen LogP contribution is 2.32. The summed E-state index contributed by atoms with van der Waals surface area (Å²) in [5, 5.41) is 5.37. The number of fused-ring (bicyclic) bond motifs is 1. The van der Waals surface area contributed by atoms with Gasteiger partial charge in [0.15, 0.2) is 0 Å². The average molecular weight is 332 g/mol. The molecule has 5 heteroatoms. The zero-order chi connectivity index (χ0) is 16.2. The molecule has 0 radical (unpaired) electrons. The summed E-state index contributed by atoms with van der Waals surface area (Å²) >= 11 is 1.78. The fourth-order valence-electron chi connectivity index (χ4n) is 3.27. The molecule has 0 bridgehead atoms. The van der Waals surface area contributed by atoms with E-state index in [4.69, 9.17) is 4.84 Å². The number of anilines is 1. The first kappa shape index (κ1) is 16.3. The maximum Gasteiger partial charge on any atom is 0.322 e. The summed E-state index contributed by atoms with van der Waals surface area (Å²) in [5.41, 5.74) is 1.30. The molecule has 3 rings (SSSR count). The monoisotopic (exact) mass is 332 g/mol. The molecule has 0 N–H and O–H groups in total. The molecule has 0 amide bonds. The van der Waals surface area contributed by atoms with E-state index in [0.717, 1.165) is 38.9 Å². The quantitative estimate of drug-likeness (QED) is 0.826. The molecule has 1 saturated heterocycles. The van der Waals surface area contributed by atoms with Crippen molar-refractivity contribution in [3.05, 3.63) is 29.6 Å². The lowest BCUT2D eigenvalue weighted by Crippen LogP contribution is -2.53. The van der Waals surface area contributed by atoms with Crippen LogP contribution < -0.4 is 4.90 Å². The second-order valence-corrected chi connectivity index (χ2v) is 7.02. The molecular weight excluding hydrogens is 308 g/mol. The first-order valence-corrected chi connectivity index (χ1v) is 9.23. The number of hydroxylamine groups is 2. The predicted molar refractivity (Wildman–Crippen MR) is 95.8 cm³/mol. The van der Waals surface area contributed by atoms with Gasteiger partial charge in [0.2, 0.25) is 0 Å². The Morgan fingerprint density at radius 3 is 3.00 bits per heavy atom. The second kappa shape index (κ2) is 7.32. The van der Waals surface area contributed by atoms with Crippen molar-refractivity contribution in [3.8, 4) is 0 Å². The zero-order valence-electron chi connectivity index (χ0n) is 13.8. The Morgan fingerprint density at radius 1 is 1.35 bits per heavy atom. The van der Waals surface area contributed by atoms with E-state index in [1.54, 1.807) is 11.3 Å². The molecule has 1 fully saturated rings. The van der Waals surface area contributed by atoms with Crippen molar-refractivity contribution in [1.82, 2.24) is 5.06 Å². The first-order valence-electron chi connectivity index (χ1n) is 8.35. The molecule has 1 aliphatic rings. The Hall–Kier alpha value is -1.59. The zero-order valence-corrected chi connectivity index (χ0v) is 14.6. The lowest BCUT2D eigenvalue weighted by Gasteiger charge is -2.41. The van der Waals surface area contributed by atoms with E-state index in [1.165, 1.54) is 22.7 Å². The minimum atomic E-state index is -0.222. The predicted octanol–water partition coefficient (Wildman–Crippen LogP) is 4.06. The fourth-order valence-corrected chi connectivity index (χ4v) is 4.08. The Balaban J connectivity index is 1.79. The van der Waals surface area contributed by atoms with Gasteiger partial charge in [0, 0.05) is 35.8 Å². The SMILES string of the molecule is CCCCC1CN(c2cccc3sccc23)CCN1OC(C)=O. The van der Waals surface area contributed by atoms with Crippen LogP contribution in [0, 0.1) is 0 Å². The first-order chi connectivity index (χ1) is 11.2. The summed E-state index contributed by atoms with van der Waals surface area (Å²) in [6, 6.07) is 8.98. The molecular formula is C18H24N2O2S. The third kappa shape index (κ3) is 3.67. The molecule has 1 aromatic carbocycles. The molecule has 2 heterocycles. The van der Waals surface area contributed by atoms with Crippen LogP contribution in [0.25, 0.3) is 10.1 Å². The van der Waals surface area contributed by atoms with Gasteiger partial charge in [-0.15, -0.1) is 16.4 Å². The Kier molecular flexibility index (Phi) is 5.18. The van der Waals surface area contributed by atoms with E-state index in [1.807, 2.05) is 5.06 Å². The number of nitrogens with zero attached hydrogens (tertiary/aromatic N) is 2. The number of unbranched alkanes of at least 4 members (excludes halogenated alkanes) is 1. The molecule has 0 aliphatic carbocycles. The maximum absolute atomic E-state index is 11.3. The van der Waals surface area contributed by atoms with E-state index >= 15 is 0 Å². The largest absolute Gasteiger partial charge is 0.368 e. The standard InChI is InChI=1S/C18H24N2O2S/c1-3-4-6-15-13-19(10-11-20(15)22-14(2)21)17-7-5-8-18-16(17)9-12-23-18/h5,7-9,12,15H,3-4,6,10-11,13H2,1-2H3. The van der Waals surface area contributed by atoms with Crippen molar-refractivity contribution in [1.29, 1.82) is 0 Å². The Bertz CT molecular complexity index is 670. The molecule has 0 spiro atoms. The maximum atomic E-state index is 11.3. The van der Waals surface area contributed by atoms with Crippen molar-refractivity contribution < 1.29 is 9.63 Å². The van der Waals surface area contributed by atoms with E-state index in [9.17, 15) is 4.79 Å². The Labute approximate surface area is 141 Å². The third-order valence-corrected chi connectivity index (χ3v) is 5.26. The Morgan fingerprint density at radius 2 is 2.22 bits per heavy atom. The number of hydrogen-bond donors (Lipinski definition) is 0. The van der Waals surface area contributed by atoms with Crippen LogP contribution in [0.5, 0.6) is 0 Å². The molecule has 1 unspecified atom stereocenters. The van der Waals surface area contributed by atoms with Crippen molar-refractivity contribution >= 4 is 33.1 Å². The normalized spacial score (nSPS) is 19.2. The van der Waals surface area contributed by atoms with Crippen LogP contribution in [0.4, 0.5) is 5.69 Å². The summed E-state index contributed by atoms with van der Waals surface area (Å²) in [6.45, 7) is 6.22. The minimum Gasteiger partial charge on any atom is -0.368 e. The molecule has 1 atom stereocenters. The van der Waals surface area contributed by atoms with Crippen LogP contribution in [0.1, 0.15) is 33.1 Å². The van der Waals surface area contributed by atoms with Crippen molar-refractivity contribution in [2.45, 2.75) is 39.2 Å². The van der Waals surface area contributed by atoms with E-state index in [2.05, 4.69) is 41.5 Å². The van der Waals surface area contributed by atoms with Crippen molar-refractivity contribution in [2.24, 2.45) is 0 Å². The molecule has 1 aliphatic heterocycles. The number of rotatable bonds is 5. The van der Waals surface area contributed by atoms with Gasteiger partial charge in [-0.1, -0.05) is 25.8 Å². The van der Waals surface area contributed by atoms with E-state index < -0.39 is 0 Å². The van der Waals surface area contributed by atoms with Gasteiger partial charge >= 0.3 is 5.97 Å². The molecule has 0 saturated carbocycles. The summed E-state index contributed by atoms with van der Waals surface area (Å²) in [6.07, 6.45) is 3.36. The summed E-state index contributed by atoms with van der Waals surface area (Å²) in [4.78, 5) is 19.2. The van der Waals surface area contributed by atoms with Crippen molar-refractivity contribution in [3.63, 3.8) is 0 Å². The van der Waals surface area contributed by atoms with Crippen LogP contribution in [0.15, 0.2) is 29.6 Å². The van der Waals surface area contributed by atoms with Gasteiger partial charge in [-0.25, -0.2) is 0 Å². The van der Waals surface area contributed by atoms with Gasteiger partial charge in [0.1, 0.15) is 0 Å². The van der Waals surface area contributed by atoms with Crippen molar-refractivity contribution in [2.75, 3.05) is 24.5 Å². The molecule has 1 aromatic heterocycles. The summed E-state index contributed by atoms with van der Waals surface area (Å²) in [5.74, 6) is -0.222. The van der Waals surface area contributed by atoms with Crippen LogP contribution in [-0.4, -0.2) is 36.7 Å². The highest BCUT2D eigenvalue weighted by molar-refractivity contribution is 7.17. The van der Waals surface area contributed by atoms with Gasteiger partial charge < -0.3 is 9.74 Å². The van der Waals surface area contributed by atoms with Crippen LogP contribution in [0.2, 0.25) is 0 Å².